The van der Waals surface area contributed by atoms with Crippen LogP contribution < -0.4 is 5.43 Å². The van der Waals surface area contributed by atoms with Crippen molar-refractivity contribution in [2.75, 3.05) is 20.1 Å². The molecule has 1 heterocycles. The van der Waals surface area contributed by atoms with E-state index >= 15 is 0 Å². The van der Waals surface area contributed by atoms with E-state index in [1.807, 2.05) is 19.2 Å². The zero-order chi connectivity index (χ0) is 18.7. The number of likely N-dealkylation sites (tertiary alicyclic amines) is 1. The van der Waals surface area contributed by atoms with Crippen LogP contribution in [0.3, 0.4) is 0 Å². The zero-order valence-corrected chi connectivity index (χ0v) is 16.2. The van der Waals surface area contributed by atoms with Crippen LogP contribution in [-0.4, -0.2) is 42.8 Å². The van der Waals surface area contributed by atoms with Crippen molar-refractivity contribution in [3.8, 4) is 0 Å². The molecule has 0 bridgehead atoms. The molecule has 0 saturated carbocycles. The molecule has 138 valence electrons. The van der Waals surface area contributed by atoms with Gasteiger partial charge in [-0.15, -0.1) is 0 Å². The summed E-state index contributed by atoms with van der Waals surface area (Å²) >= 11 is 0. The molecule has 1 saturated heterocycles. The third-order valence-corrected chi connectivity index (χ3v) is 4.41. The van der Waals surface area contributed by atoms with Crippen molar-refractivity contribution in [2.45, 2.75) is 45.6 Å². The average Bonchev–Trinajstić information content (AvgIpc) is 2.86. The Morgan fingerprint density at radius 2 is 2.08 bits per heavy atom. The van der Waals surface area contributed by atoms with Crippen LogP contribution in [0.25, 0.3) is 0 Å². The molecule has 1 atom stereocenters. The van der Waals surface area contributed by atoms with Gasteiger partial charge in [0.25, 0.3) is 0 Å². The molecule has 0 spiro atoms. The van der Waals surface area contributed by atoms with Crippen LogP contribution in [0, 0.1) is 0 Å². The van der Waals surface area contributed by atoms with E-state index in [-0.39, 0.29) is 0 Å². The van der Waals surface area contributed by atoms with Gasteiger partial charge in [0, 0.05) is 31.5 Å². The molecule has 4 nitrogen and oxygen atoms in total. The van der Waals surface area contributed by atoms with Gasteiger partial charge in [-0.25, -0.2) is 5.43 Å². The quantitative estimate of drug-likeness (QED) is 0.382. The van der Waals surface area contributed by atoms with Gasteiger partial charge in [0.1, 0.15) is 0 Å². The summed E-state index contributed by atoms with van der Waals surface area (Å²) in [6, 6.07) is 0.407. The van der Waals surface area contributed by atoms with Gasteiger partial charge in [0.2, 0.25) is 0 Å². The summed E-state index contributed by atoms with van der Waals surface area (Å²) in [5.74, 6) is 0. The lowest BCUT2D eigenvalue weighted by Crippen LogP contribution is -2.47. The van der Waals surface area contributed by atoms with E-state index in [0.717, 1.165) is 37.3 Å². The van der Waals surface area contributed by atoms with Crippen LogP contribution in [-0.2, 0) is 0 Å². The SMILES string of the molecule is C=NC(=C)/C=C\C=C(\C)N(NC)C1CCCCN(C(=C)/C=C/CC)C1. The van der Waals surface area contributed by atoms with Crippen LogP contribution in [0.15, 0.2) is 65.6 Å². The Balaban J connectivity index is 2.85. The number of aliphatic imine (C=N–C) groups is 1. The normalized spacial score (nSPS) is 19.2. The Bertz CT molecular complexity index is 542. The second-order valence-electron chi connectivity index (χ2n) is 6.31. The summed E-state index contributed by atoms with van der Waals surface area (Å²) in [6.45, 7) is 17.8. The van der Waals surface area contributed by atoms with Gasteiger partial charge >= 0.3 is 0 Å². The summed E-state index contributed by atoms with van der Waals surface area (Å²) in [7, 11) is 1.98. The van der Waals surface area contributed by atoms with Crippen LogP contribution in [0.5, 0.6) is 0 Å². The highest BCUT2D eigenvalue weighted by Crippen LogP contribution is 2.21. The van der Waals surface area contributed by atoms with E-state index in [2.05, 4.69) is 72.3 Å². The summed E-state index contributed by atoms with van der Waals surface area (Å²) in [4.78, 5) is 6.20. The fourth-order valence-corrected chi connectivity index (χ4v) is 3.03. The van der Waals surface area contributed by atoms with Crippen LogP contribution >= 0.6 is 0 Å². The molecule has 1 aliphatic heterocycles. The third-order valence-electron chi connectivity index (χ3n) is 4.41. The number of allylic oxidation sites excluding steroid dienone is 6. The highest BCUT2D eigenvalue weighted by atomic mass is 15.5. The lowest BCUT2D eigenvalue weighted by Gasteiger charge is -2.36. The monoisotopic (exact) mass is 342 g/mol. The van der Waals surface area contributed by atoms with Crippen LogP contribution in [0.1, 0.15) is 39.5 Å². The molecular formula is C21H34N4. The molecule has 1 aliphatic rings. The Labute approximate surface area is 154 Å². The molecule has 1 rings (SSSR count). The summed E-state index contributed by atoms with van der Waals surface area (Å²) in [6.07, 6.45) is 14.9. The van der Waals surface area contributed by atoms with E-state index in [1.54, 1.807) is 0 Å². The van der Waals surface area contributed by atoms with Crippen molar-refractivity contribution in [2.24, 2.45) is 4.99 Å². The second-order valence-corrected chi connectivity index (χ2v) is 6.31. The molecule has 0 aromatic carbocycles. The predicted molar refractivity (Wildman–Crippen MR) is 110 cm³/mol. The molecule has 1 fully saturated rings. The summed E-state index contributed by atoms with van der Waals surface area (Å²) in [5, 5.41) is 2.25. The Kier molecular flexibility index (Phi) is 9.63. The van der Waals surface area contributed by atoms with Crippen molar-refractivity contribution in [1.82, 2.24) is 15.3 Å². The lowest BCUT2D eigenvalue weighted by molar-refractivity contribution is 0.156. The van der Waals surface area contributed by atoms with Crippen LogP contribution in [0.4, 0.5) is 0 Å². The predicted octanol–water partition coefficient (Wildman–Crippen LogP) is 4.43. The van der Waals surface area contributed by atoms with Crippen LogP contribution in [0.2, 0.25) is 0 Å². The standard InChI is InChI=1S/C21H34N4/c1-7-8-13-19(3)24-16-10-9-15-21(17-24)25(23-6)20(4)14-11-12-18(2)22-5/h8,11-14,21,23H,2-3,5,7,9-10,15-17H2,1,4,6H3/b12-11-,13-8+,20-14-. The lowest BCUT2D eigenvalue weighted by atomic mass is 10.1. The molecule has 1 unspecified atom stereocenters. The van der Waals surface area contributed by atoms with E-state index in [0.29, 0.717) is 11.7 Å². The maximum atomic E-state index is 4.25. The maximum absolute atomic E-state index is 4.25. The van der Waals surface area contributed by atoms with Crippen molar-refractivity contribution in [3.63, 3.8) is 0 Å². The first-order chi connectivity index (χ1) is 12.0. The van der Waals surface area contributed by atoms with E-state index in [1.165, 1.54) is 12.8 Å². The molecule has 0 radical (unpaired) electrons. The summed E-state index contributed by atoms with van der Waals surface area (Å²) < 4.78 is 0. The topological polar surface area (TPSA) is 30.9 Å². The first-order valence-corrected chi connectivity index (χ1v) is 9.11. The number of hydrogen-bond donors (Lipinski definition) is 1. The Morgan fingerprint density at radius 1 is 1.32 bits per heavy atom. The first kappa shape index (κ1) is 21.0. The molecule has 0 aromatic rings. The van der Waals surface area contributed by atoms with Crippen molar-refractivity contribution >= 4 is 6.72 Å². The number of hydrogen-bond acceptors (Lipinski definition) is 4. The first-order valence-electron chi connectivity index (χ1n) is 9.11. The van der Waals surface area contributed by atoms with Gasteiger partial charge in [-0.05, 0) is 57.6 Å². The average molecular weight is 343 g/mol. The number of nitrogens with zero attached hydrogens (tertiary/aromatic N) is 3. The van der Waals surface area contributed by atoms with Crippen molar-refractivity contribution < 1.29 is 0 Å². The van der Waals surface area contributed by atoms with Crippen molar-refractivity contribution in [3.05, 3.63) is 60.6 Å². The van der Waals surface area contributed by atoms with Gasteiger partial charge in [-0.2, -0.15) is 0 Å². The maximum Gasteiger partial charge on any atom is 0.0626 e. The largest absolute Gasteiger partial charge is 0.370 e. The highest BCUT2D eigenvalue weighted by Gasteiger charge is 2.23. The zero-order valence-electron chi connectivity index (χ0n) is 16.2. The van der Waals surface area contributed by atoms with E-state index in [9.17, 15) is 0 Å². The molecule has 4 heteroatoms. The fourth-order valence-electron chi connectivity index (χ4n) is 3.03. The smallest absolute Gasteiger partial charge is 0.0626 e. The minimum atomic E-state index is 0.407. The van der Waals surface area contributed by atoms with Gasteiger partial charge < -0.3 is 9.91 Å². The van der Waals surface area contributed by atoms with E-state index < -0.39 is 0 Å². The van der Waals surface area contributed by atoms with E-state index in [4.69, 9.17) is 0 Å². The van der Waals surface area contributed by atoms with Gasteiger partial charge in [-0.3, -0.25) is 4.99 Å². The van der Waals surface area contributed by atoms with Gasteiger partial charge in [0.05, 0.1) is 11.7 Å². The molecular weight excluding hydrogens is 308 g/mol. The second kappa shape index (κ2) is 11.5. The number of rotatable bonds is 9. The number of nitrogens with one attached hydrogen (secondary N) is 1. The third kappa shape index (κ3) is 7.14. The molecule has 0 amide bonds. The molecule has 0 aliphatic carbocycles. The van der Waals surface area contributed by atoms with Gasteiger partial charge in [-0.1, -0.05) is 32.2 Å². The summed E-state index contributed by atoms with van der Waals surface area (Å²) in [5.41, 5.74) is 6.29. The Hall–Kier alpha value is -2.07. The van der Waals surface area contributed by atoms with Gasteiger partial charge in [0.15, 0.2) is 0 Å². The minimum absolute atomic E-state index is 0.407. The highest BCUT2D eigenvalue weighted by molar-refractivity contribution is 5.32. The minimum Gasteiger partial charge on any atom is -0.370 e. The molecule has 0 aromatic heterocycles. The molecule has 1 N–H and O–H groups in total. The molecule has 25 heavy (non-hydrogen) atoms. The number of hydrazine groups is 1. The van der Waals surface area contributed by atoms with Crippen molar-refractivity contribution in [1.29, 1.82) is 0 Å². The fraction of sp³-hybridized carbons (Fsp3) is 0.476. The Morgan fingerprint density at radius 3 is 2.72 bits per heavy atom.